The van der Waals surface area contributed by atoms with Crippen LogP contribution in [0.25, 0.3) is 0 Å². The molecule has 0 saturated carbocycles. The number of nitrogens with zero attached hydrogens (tertiary/aromatic N) is 2. The third-order valence-corrected chi connectivity index (χ3v) is 1.82. The van der Waals surface area contributed by atoms with Gasteiger partial charge in [-0.05, 0) is 12.1 Å². The van der Waals surface area contributed by atoms with Crippen molar-refractivity contribution in [2.75, 3.05) is 18.5 Å². The highest BCUT2D eigenvalue weighted by molar-refractivity contribution is 5.93. The van der Waals surface area contributed by atoms with Crippen molar-refractivity contribution in [2.24, 2.45) is 5.73 Å². The van der Waals surface area contributed by atoms with Crippen molar-refractivity contribution in [3.05, 3.63) is 23.9 Å². The van der Waals surface area contributed by atoms with Crippen LogP contribution in [0.3, 0.4) is 0 Å². The van der Waals surface area contributed by atoms with Crippen LogP contribution in [0.4, 0.5) is 19.0 Å². The predicted molar refractivity (Wildman–Crippen MR) is 54.6 cm³/mol. The number of hydrogen-bond acceptors (Lipinski definition) is 3. The zero-order valence-corrected chi connectivity index (χ0v) is 8.54. The first-order valence-electron chi connectivity index (χ1n) is 4.39. The highest BCUT2D eigenvalue weighted by atomic mass is 19.4. The summed E-state index contributed by atoms with van der Waals surface area (Å²) < 4.78 is 36.3. The number of alkyl halides is 3. The lowest BCUT2D eigenvalue weighted by atomic mass is 10.3. The maximum atomic E-state index is 12.1. The van der Waals surface area contributed by atoms with Gasteiger partial charge in [0.2, 0.25) is 0 Å². The largest absolute Gasteiger partial charge is 0.405 e. The number of halogens is 3. The minimum atomic E-state index is -4.29. The highest BCUT2D eigenvalue weighted by Gasteiger charge is 2.29. The monoisotopic (exact) mass is 232 g/mol. The SMILES string of the molecule is CN(CC(F)(F)F)c1cccc(C(=N)N)n1. The summed E-state index contributed by atoms with van der Waals surface area (Å²) in [6.07, 6.45) is -4.29. The van der Waals surface area contributed by atoms with Gasteiger partial charge >= 0.3 is 6.18 Å². The van der Waals surface area contributed by atoms with Crippen LogP contribution < -0.4 is 10.6 Å². The van der Waals surface area contributed by atoms with E-state index < -0.39 is 12.7 Å². The van der Waals surface area contributed by atoms with E-state index in [1.165, 1.54) is 25.2 Å². The van der Waals surface area contributed by atoms with Gasteiger partial charge < -0.3 is 10.6 Å². The molecular formula is C9H11F3N4. The first-order valence-corrected chi connectivity index (χ1v) is 4.39. The first kappa shape index (κ1) is 12.3. The van der Waals surface area contributed by atoms with E-state index in [1.54, 1.807) is 0 Å². The van der Waals surface area contributed by atoms with E-state index in [0.717, 1.165) is 4.90 Å². The van der Waals surface area contributed by atoms with E-state index in [0.29, 0.717) is 0 Å². The number of anilines is 1. The normalized spacial score (nSPS) is 11.2. The Bertz CT molecular complexity index is 389. The number of nitrogen functional groups attached to an aromatic ring is 1. The standard InChI is InChI=1S/C9H11F3N4/c1-16(5-9(10,11)12)7-4-2-3-6(15-7)8(13)14/h2-4H,5H2,1H3,(H3,13,14). The summed E-state index contributed by atoms with van der Waals surface area (Å²) in [4.78, 5) is 4.78. The Morgan fingerprint density at radius 1 is 1.50 bits per heavy atom. The Morgan fingerprint density at radius 3 is 2.62 bits per heavy atom. The average molecular weight is 232 g/mol. The van der Waals surface area contributed by atoms with Gasteiger partial charge in [-0.3, -0.25) is 5.41 Å². The van der Waals surface area contributed by atoms with Crippen molar-refractivity contribution < 1.29 is 13.2 Å². The maximum Gasteiger partial charge on any atom is 0.405 e. The Hall–Kier alpha value is -1.79. The molecule has 1 aromatic rings. The zero-order chi connectivity index (χ0) is 12.3. The summed E-state index contributed by atoms with van der Waals surface area (Å²) in [5.41, 5.74) is 5.35. The molecule has 3 N–H and O–H groups in total. The smallest absolute Gasteiger partial charge is 0.382 e. The van der Waals surface area contributed by atoms with Crippen molar-refractivity contribution in [2.45, 2.75) is 6.18 Å². The molecule has 1 aromatic heterocycles. The van der Waals surface area contributed by atoms with Crippen LogP contribution in [-0.4, -0.2) is 30.6 Å². The van der Waals surface area contributed by atoms with Gasteiger partial charge in [0.15, 0.2) is 0 Å². The molecule has 7 heteroatoms. The average Bonchev–Trinajstić information content (AvgIpc) is 2.15. The van der Waals surface area contributed by atoms with Gasteiger partial charge in [0, 0.05) is 7.05 Å². The first-order chi connectivity index (χ1) is 7.29. The lowest BCUT2D eigenvalue weighted by Crippen LogP contribution is -2.31. The van der Waals surface area contributed by atoms with Crippen molar-refractivity contribution >= 4 is 11.7 Å². The van der Waals surface area contributed by atoms with E-state index in [-0.39, 0.29) is 17.3 Å². The number of nitrogens with one attached hydrogen (secondary N) is 1. The Morgan fingerprint density at radius 2 is 2.12 bits per heavy atom. The Labute approximate surface area is 90.4 Å². The molecular weight excluding hydrogens is 221 g/mol. The summed E-state index contributed by atoms with van der Waals surface area (Å²) >= 11 is 0. The van der Waals surface area contributed by atoms with E-state index >= 15 is 0 Å². The molecule has 0 bridgehead atoms. The maximum absolute atomic E-state index is 12.1. The number of pyridine rings is 1. The number of rotatable bonds is 3. The molecule has 88 valence electrons. The van der Waals surface area contributed by atoms with Crippen molar-refractivity contribution in [3.63, 3.8) is 0 Å². The molecule has 0 fully saturated rings. The minimum Gasteiger partial charge on any atom is -0.382 e. The summed E-state index contributed by atoms with van der Waals surface area (Å²) in [6, 6.07) is 4.40. The van der Waals surface area contributed by atoms with Gasteiger partial charge in [-0.25, -0.2) is 4.98 Å². The molecule has 16 heavy (non-hydrogen) atoms. The Balaban J connectivity index is 2.87. The van der Waals surface area contributed by atoms with Crippen molar-refractivity contribution in [1.29, 1.82) is 5.41 Å². The molecule has 1 rings (SSSR count). The lowest BCUT2D eigenvalue weighted by Gasteiger charge is -2.20. The highest BCUT2D eigenvalue weighted by Crippen LogP contribution is 2.19. The third-order valence-electron chi connectivity index (χ3n) is 1.82. The fourth-order valence-electron chi connectivity index (χ4n) is 1.14. The summed E-state index contributed by atoms with van der Waals surface area (Å²) in [7, 11) is 1.28. The quantitative estimate of drug-likeness (QED) is 0.611. The Kier molecular flexibility index (Phi) is 3.36. The van der Waals surface area contributed by atoms with Gasteiger partial charge in [0.1, 0.15) is 23.9 Å². The molecule has 0 atom stereocenters. The summed E-state index contributed by atoms with van der Waals surface area (Å²) in [5.74, 6) is -0.146. The summed E-state index contributed by atoms with van der Waals surface area (Å²) in [6.45, 7) is -1.10. The molecule has 0 amide bonds. The molecule has 0 saturated heterocycles. The molecule has 0 spiro atoms. The van der Waals surface area contributed by atoms with E-state index in [2.05, 4.69) is 4.98 Å². The molecule has 0 aliphatic carbocycles. The van der Waals surface area contributed by atoms with Crippen LogP contribution in [0.1, 0.15) is 5.69 Å². The van der Waals surface area contributed by atoms with Crippen molar-refractivity contribution in [3.8, 4) is 0 Å². The topological polar surface area (TPSA) is 66.0 Å². The van der Waals surface area contributed by atoms with Crippen LogP contribution in [0.5, 0.6) is 0 Å². The summed E-state index contributed by atoms with van der Waals surface area (Å²) in [5, 5.41) is 7.13. The van der Waals surface area contributed by atoms with Gasteiger partial charge in [-0.15, -0.1) is 0 Å². The van der Waals surface area contributed by atoms with E-state index in [1.807, 2.05) is 0 Å². The van der Waals surface area contributed by atoms with E-state index in [9.17, 15) is 13.2 Å². The molecule has 0 aliphatic rings. The van der Waals surface area contributed by atoms with Crippen LogP contribution in [0, 0.1) is 5.41 Å². The molecule has 1 heterocycles. The van der Waals surface area contributed by atoms with Gasteiger partial charge in [-0.2, -0.15) is 13.2 Å². The van der Waals surface area contributed by atoms with E-state index in [4.69, 9.17) is 11.1 Å². The van der Waals surface area contributed by atoms with Crippen LogP contribution in [-0.2, 0) is 0 Å². The third kappa shape index (κ3) is 3.41. The minimum absolute atomic E-state index is 0.130. The van der Waals surface area contributed by atoms with Crippen molar-refractivity contribution in [1.82, 2.24) is 4.98 Å². The van der Waals surface area contributed by atoms with Crippen LogP contribution in [0.2, 0.25) is 0 Å². The molecule has 0 aliphatic heterocycles. The fourth-order valence-corrected chi connectivity index (χ4v) is 1.14. The second-order valence-electron chi connectivity index (χ2n) is 3.27. The molecule has 0 unspecified atom stereocenters. The predicted octanol–water partition coefficient (Wildman–Crippen LogP) is 1.36. The van der Waals surface area contributed by atoms with Gasteiger partial charge in [0.05, 0.1) is 0 Å². The second-order valence-corrected chi connectivity index (χ2v) is 3.27. The number of amidine groups is 1. The second kappa shape index (κ2) is 4.38. The molecule has 0 radical (unpaired) electrons. The number of nitrogens with two attached hydrogens (primary N) is 1. The number of hydrogen-bond donors (Lipinski definition) is 2. The molecule has 0 aromatic carbocycles. The number of aromatic nitrogens is 1. The molecule has 4 nitrogen and oxygen atoms in total. The lowest BCUT2D eigenvalue weighted by molar-refractivity contribution is -0.119. The zero-order valence-electron chi connectivity index (χ0n) is 8.54. The van der Waals surface area contributed by atoms with Crippen LogP contribution >= 0.6 is 0 Å². The van der Waals surface area contributed by atoms with Crippen LogP contribution in [0.15, 0.2) is 18.2 Å². The van der Waals surface area contributed by atoms with Gasteiger partial charge in [0.25, 0.3) is 0 Å². The fraction of sp³-hybridized carbons (Fsp3) is 0.333. The van der Waals surface area contributed by atoms with Gasteiger partial charge in [-0.1, -0.05) is 6.07 Å².